The maximum atomic E-state index is 12.8. The Hall–Kier alpha value is -2.18. The van der Waals surface area contributed by atoms with E-state index in [-0.39, 0.29) is 30.2 Å². The summed E-state index contributed by atoms with van der Waals surface area (Å²) in [4.78, 5) is 12.8. The van der Waals surface area contributed by atoms with Crippen molar-refractivity contribution in [3.8, 4) is 0 Å². The van der Waals surface area contributed by atoms with Gasteiger partial charge >= 0.3 is 0 Å². The van der Waals surface area contributed by atoms with Crippen LogP contribution in [0.4, 0.5) is 0 Å². The maximum absolute atomic E-state index is 12.8. The largest absolute Gasteiger partial charge is 0.349 e. The average Bonchev–Trinajstić information content (AvgIpc) is 2.79. The molecule has 0 radical (unpaired) electrons. The number of sulfonamides is 1. The molecule has 0 bridgehead atoms. The number of nitrogens with zero attached hydrogens (tertiary/aromatic N) is 1. The van der Waals surface area contributed by atoms with Crippen LogP contribution >= 0.6 is 0 Å². The van der Waals surface area contributed by atoms with E-state index in [2.05, 4.69) is 24.4 Å². The SMILES string of the molecule is CCc1ccc([C@@H](C)NC(=O)[C@H]2CCCN(S(=O)(=O)CCCc3ccccc3)C2)cc1. The van der Waals surface area contributed by atoms with Gasteiger partial charge in [0.1, 0.15) is 0 Å². The number of aryl methyl sites for hydroxylation is 2. The van der Waals surface area contributed by atoms with Gasteiger partial charge in [-0.1, -0.05) is 61.5 Å². The van der Waals surface area contributed by atoms with Gasteiger partial charge in [-0.2, -0.15) is 0 Å². The predicted octanol–water partition coefficient (Wildman–Crippen LogP) is 4.10. The molecule has 1 aliphatic heterocycles. The van der Waals surface area contributed by atoms with Crippen molar-refractivity contribution in [2.75, 3.05) is 18.8 Å². The van der Waals surface area contributed by atoms with Crippen molar-refractivity contribution in [1.82, 2.24) is 9.62 Å². The molecule has 5 nitrogen and oxygen atoms in total. The van der Waals surface area contributed by atoms with E-state index in [0.29, 0.717) is 13.0 Å². The van der Waals surface area contributed by atoms with Gasteiger partial charge in [-0.05, 0) is 55.7 Å². The molecule has 1 aliphatic rings. The fourth-order valence-electron chi connectivity index (χ4n) is 4.10. The number of hydrogen-bond acceptors (Lipinski definition) is 3. The standard InChI is InChI=1S/C25H34N2O3S/c1-3-21-13-15-23(16-14-21)20(2)26-25(28)24-12-7-17-27(19-24)31(29,30)18-8-11-22-9-5-4-6-10-22/h4-6,9-10,13-16,20,24H,3,7-8,11-12,17-19H2,1-2H3,(H,26,28)/t20-,24+/m1/s1. The Kier molecular flexibility index (Phi) is 8.27. The molecule has 0 aliphatic carbocycles. The second-order valence-corrected chi connectivity index (χ2v) is 10.5. The third-order valence-corrected chi connectivity index (χ3v) is 8.03. The summed E-state index contributed by atoms with van der Waals surface area (Å²) in [6.07, 6.45) is 3.76. The van der Waals surface area contributed by atoms with Crippen LogP contribution in [0.25, 0.3) is 0 Å². The maximum Gasteiger partial charge on any atom is 0.224 e. The summed E-state index contributed by atoms with van der Waals surface area (Å²) in [5.41, 5.74) is 3.48. The summed E-state index contributed by atoms with van der Waals surface area (Å²) in [6, 6.07) is 18.1. The van der Waals surface area contributed by atoms with Crippen molar-refractivity contribution in [3.63, 3.8) is 0 Å². The van der Waals surface area contributed by atoms with Crippen LogP contribution in [0.3, 0.4) is 0 Å². The van der Waals surface area contributed by atoms with E-state index in [1.54, 1.807) is 0 Å². The minimum Gasteiger partial charge on any atom is -0.349 e. The van der Waals surface area contributed by atoms with Crippen LogP contribution in [0, 0.1) is 5.92 Å². The fraction of sp³-hybridized carbons (Fsp3) is 0.480. The Balaban J connectivity index is 1.52. The molecule has 1 saturated heterocycles. The minimum atomic E-state index is -3.35. The number of amides is 1. The van der Waals surface area contributed by atoms with Crippen LogP contribution in [0.15, 0.2) is 54.6 Å². The van der Waals surface area contributed by atoms with Gasteiger partial charge in [0, 0.05) is 13.1 Å². The van der Waals surface area contributed by atoms with Gasteiger partial charge in [-0.3, -0.25) is 4.79 Å². The Morgan fingerprint density at radius 3 is 2.48 bits per heavy atom. The van der Waals surface area contributed by atoms with Crippen LogP contribution in [-0.4, -0.2) is 37.5 Å². The highest BCUT2D eigenvalue weighted by atomic mass is 32.2. The Morgan fingerprint density at radius 1 is 1.10 bits per heavy atom. The van der Waals surface area contributed by atoms with Gasteiger partial charge in [-0.15, -0.1) is 0 Å². The normalized spacial score (nSPS) is 18.5. The van der Waals surface area contributed by atoms with Crippen molar-refractivity contribution < 1.29 is 13.2 Å². The quantitative estimate of drug-likeness (QED) is 0.636. The van der Waals surface area contributed by atoms with Crippen molar-refractivity contribution >= 4 is 15.9 Å². The Morgan fingerprint density at radius 2 is 1.81 bits per heavy atom. The third kappa shape index (κ3) is 6.65. The highest BCUT2D eigenvalue weighted by Crippen LogP contribution is 2.22. The second kappa shape index (κ2) is 10.9. The molecule has 1 heterocycles. The zero-order valence-corrected chi connectivity index (χ0v) is 19.4. The topological polar surface area (TPSA) is 66.5 Å². The lowest BCUT2D eigenvalue weighted by Gasteiger charge is -2.32. The molecule has 2 aromatic rings. The fourth-order valence-corrected chi connectivity index (χ4v) is 5.68. The number of hydrogen-bond donors (Lipinski definition) is 1. The first-order valence-corrected chi connectivity index (χ1v) is 12.9. The van der Waals surface area contributed by atoms with Crippen molar-refractivity contribution in [2.45, 2.75) is 52.0 Å². The molecule has 0 unspecified atom stereocenters. The van der Waals surface area contributed by atoms with Gasteiger partial charge < -0.3 is 5.32 Å². The van der Waals surface area contributed by atoms with E-state index in [1.165, 1.54) is 9.87 Å². The molecule has 1 fully saturated rings. The van der Waals surface area contributed by atoms with E-state index in [4.69, 9.17) is 0 Å². The van der Waals surface area contributed by atoms with Crippen LogP contribution in [-0.2, 0) is 27.7 Å². The summed E-state index contributed by atoms with van der Waals surface area (Å²) in [6.45, 7) is 4.87. The molecule has 1 amide bonds. The predicted molar refractivity (Wildman–Crippen MR) is 125 cm³/mol. The Bertz CT molecular complexity index is 942. The third-order valence-electron chi connectivity index (χ3n) is 6.11. The lowest BCUT2D eigenvalue weighted by Crippen LogP contribution is -2.46. The molecule has 1 N–H and O–H groups in total. The van der Waals surface area contributed by atoms with Crippen LogP contribution in [0.5, 0.6) is 0 Å². The minimum absolute atomic E-state index is 0.0590. The zero-order valence-electron chi connectivity index (χ0n) is 18.6. The highest BCUT2D eigenvalue weighted by Gasteiger charge is 2.32. The molecule has 2 aromatic carbocycles. The first-order chi connectivity index (χ1) is 14.9. The summed E-state index contributed by atoms with van der Waals surface area (Å²) in [5.74, 6) is -0.234. The number of carbonyl (C=O) groups excluding carboxylic acids is 1. The second-order valence-electron chi connectivity index (χ2n) is 8.43. The monoisotopic (exact) mass is 442 g/mol. The molecule has 0 aromatic heterocycles. The average molecular weight is 443 g/mol. The van der Waals surface area contributed by atoms with Crippen molar-refractivity contribution in [2.24, 2.45) is 5.92 Å². The molecule has 0 spiro atoms. The van der Waals surface area contributed by atoms with E-state index in [0.717, 1.165) is 36.8 Å². The molecule has 31 heavy (non-hydrogen) atoms. The lowest BCUT2D eigenvalue weighted by atomic mass is 9.97. The molecule has 2 atom stereocenters. The zero-order chi connectivity index (χ0) is 22.3. The number of piperidine rings is 1. The highest BCUT2D eigenvalue weighted by molar-refractivity contribution is 7.89. The molecule has 168 valence electrons. The van der Waals surface area contributed by atoms with Gasteiger partial charge in [0.05, 0.1) is 17.7 Å². The van der Waals surface area contributed by atoms with Gasteiger partial charge in [0.25, 0.3) is 0 Å². The number of nitrogens with one attached hydrogen (secondary N) is 1. The van der Waals surface area contributed by atoms with Gasteiger partial charge in [-0.25, -0.2) is 12.7 Å². The van der Waals surface area contributed by atoms with Crippen LogP contribution < -0.4 is 5.32 Å². The molecule has 0 saturated carbocycles. The van der Waals surface area contributed by atoms with Crippen molar-refractivity contribution in [3.05, 3.63) is 71.3 Å². The summed E-state index contributed by atoms with van der Waals surface area (Å²) in [7, 11) is -3.35. The molecule has 6 heteroatoms. The van der Waals surface area contributed by atoms with E-state index in [1.807, 2.05) is 49.4 Å². The first kappa shape index (κ1) is 23.5. The molecule has 3 rings (SSSR count). The smallest absolute Gasteiger partial charge is 0.224 e. The molecular formula is C25H34N2O3S. The lowest BCUT2D eigenvalue weighted by molar-refractivity contribution is -0.126. The number of rotatable bonds is 9. The summed E-state index contributed by atoms with van der Waals surface area (Å²) >= 11 is 0. The summed E-state index contributed by atoms with van der Waals surface area (Å²) < 4.78 is 27.2. The van der Waals surface area contributed by atoms with Crippen molar-refractivity contribution in [1.29, 1.82) is 0 Å². The first-order valence-electron chi connectivity index (χ1n) is 11.3. The van der Waals surface area contributed by atoms with Crippen LogP contribution in [0.1, 0.15) is 55.8 Å². The van der Waals surface area contributed by atoms with Crippen LogP contribution in [0.2, 0.25) is 0 Å². The van der Waals surface area contributed by atoms with E-state index < -0.39 is 10.0 Å². The number of carbonyl (C=O) groups is 1. The van der Waals surface area contributed by atoms with E-state index >= 15 is 0 Å². The molecular weight excluding hydrogens is 408 g/mol. The van der Waals surface area contributed by atoms with Gasteiger partial charge in [0.2, 0.25) is 15.9 Å². The van der Waals surface area contributed by atoms with Gasteiger partial charge in [0.15, 0.2) is 0 Å². The Labute approximate surface area is 186 Å². The summed E-state index contributed by atoms with van der Waals surface area (Å²) in [5, 5.41) is 3.08. The number of benzene rings is 2. The van der Waals surface area contributed by atoms with E-state index in [9.17, 15) is 13.2 Å².